The summed E-state index contributed by atoms with van der Waals surface area (Å²) < 4.78 is 18.6. The number of hydrogen-bond donors (Lipinski definition) is 0. The van der Waals surface area contributed by atoms with E-state index in [4.69, 9.17) is 14.2 Å². The Balaban J connectivity index is 5.52. The van der Waals surface area contributed by atoms with Crippen LogP contribution in [0.3, 0.4) is 0 Å². The van der Waals surface area contributed by atoms with Crippen LogP contribution in [0, 0.1) is 21.7 Å². The van der Waals surface area contributed by atoms with Crippen molar-refractivity contribution in [1.29, 1.82) is 0 Å². The normalized spacial score (nSPS) is 15.5. The zero-order valence-electron chi connectivity index (χ0n) is 25.6. The number of nitrogens with zero attached hydrogens (tertiary/aromatic N) is 1. The van der Waals surface area contributed by atoms with E-state index in [9.17, 15) is 9.59 Å². The Morgan fingerprint density at radius 1 is 0.629 bits per heavy atom. The summed E-state index contributed by atoms with van der Waals surface area (Å²) in [6.45, 7) is 23.9. The zero-order valence-corrected chi connectivity index (χ0v) is 25.6. The fraction of sp³-hybridized carbons (Fsp3) is 0.931. The molecule has 0 aromatic heterocycles. The first-order valence-corrected chi connectivity index (χ1v) is 13.3. The molecule has 0 aliphatic heterocycles. The molecule has 0 amide bonds. The van der Waals surface area contributed by atoms with Gasteiger partial charge in [0.05, 0.1) is 51.9 Å². The molecule has 0 aromatic rings. The van der Waals surface area contributed by atoms with Gasteiger partial charge < -0.3 is 18.7 Å². The summed E-state index contributed by atoms with van der Waals surface area (Å²) in [6, 6.07) is 0. The Morgan fingerprint density at radius 2 is 1.09 bits per heavy atom. The molecule has 0 fully saturated rings. The van der Waals surface area contributed by atoms with Crippen molar-refractivity contribution in [2.24, 2.45) is 21.7 Å². The van der Waals surface area contributed by atoms with Crippen molar-refractivity contribution in [3.63, 3.8) is 0 Å². The number of hydrogen-bond acceptors (Lipinski definition) is 5. The second-order valence-electron chi connectivity index (χ2n) is 14.3. The Labute approximate surface area is 217 Å². The summed E-state index contributed by atoms with van der Waals surface area (Å²) in [6.07, 6.45) is 3.08. The summed E-state index contributed by atoms with van der Waals surface area (Å²) in [7, 11) is 6.59. The minimum atomic E-state index is -1.08. The summed E-state index contributed by atoms with van der Waals surface area (Å²) in [4.78, 5) is 26.2. The highest BCUT2D eigenvalue weighted by Crippen LogP contribution is 2.36. The van der Waals surface area contributed by atoms with Crippen LogP contribution in [0.5, 0.6) is 0 Å². The van der Waals surface area contributed by atoms with E-state index in [0.29, 0.717) is 19.4 Å². The average Bonchev–Trinajstić information content (AvgIpc) is 2.71. The fourth-order valence-corrected chi connectivity index (χ4v) is 4.68. The Kier molecular flexibility index (Phi) is 12.0. The number of ether oxygens (including phenoxy) is 3. The highest BCUT2D eigenvalue weighted by Gasteiger charge is 2.42. The highest BCUT2D eigenvalue weighted by molar-refractivity contribution is 5.79. The van der Waals surface area contributed by atoms with E-state index in [-0.39, 0.29) is 41.6 Å². The molecule has 6 nitrogen and oxygen atoms in total. The van der Waals surface area contributed by atoms with E-state index in [1.165, 1.54) is 0 Å². The van der Waals surface area contributed by atoms with Crippen LogP contribution >= 0.6 is 0 Å². The van der Waals surface area contributed by atoms with Gasteiger partial charge in [0, 0.05) is 5.41 Å². The molecule has 0 bridgehead atoms. The predicted molar refractivity (Wildman–Crippen MR) is 144 cm³/mol. The number of carbonyl (C=O) groups is 2. The van der Waals surface area contributed by atoms with Crippen LogP contribution < -0.4 is 0 Å². The van der Waals surface area contributed by atoms with Gasteiger partial charge in [-0.1, -0.05) is 48.5 Å². The third-order valence-electron chi connectivity index (χ3n) is 7.15. The molecule has 35 heavy (non-hydrogen) atoms. The molecule has 0 aliphatic rings. The SMILES string of the molecule is CCC(C)(C)OCC(C)(COC(=O)C(C)(CC)CC)C(=O)OCC(C)(C)CC(C)(C)C[N+](C)(C)C. The number of quaternary nitrogens is 1. The molecule has 0 N–H and O–H groups in total. The van der Waals surface area contributed by atoms with Gasteiger partial charge in [-0.15, -0.1) is 0 Å². The Hall–Kier alpha value is -1.14. The van der Waals surface area contributed by atoms with Gasteiger partial charge in [0.2, 0.25) is 0 Å². The lowest BCUT2D eigenvalue weighted by Gasteiger charge is -2.39. The highest BCUT2D eigenvalue weighted by atomic mass is 16.6. The predicted octanol–water partition coefficient (Wildman–Crippen LogP) is 6.26. The summed E-state index contributed by atoms with van der Waals surface area (Å²) in [5.41, 5.74) is -2.14. The molecule has 0 spiro atoms. The lowest BCUT2D eigenvalue weighted by molar-refractivity contribution is -0.877. The molecule has 0 aliphatic carbocycles. The summed E-state index contributed by atoms with van der Waals surface area (Å²) >= 11 is 0. The van der Waals surface area contributed by atoms with Crippen molar-refractivity contribution in [1.82, 2.24) is 0 Å². The van der Waals surface area contributed by atoms with Gasteiger partial charge in [0.25, 0.3) is 0 Å². The Morgan fingerprint density at radius 3 is 1.51 bits per heavy atom. The molecule has 0 radical (unpaired) electrons. The summed E-state index contributed by atoms with van der Waals surface area (Å²) in [5.74, 6) is -0.664. The Bertz CT molecular complexity index is 686. The first-order chi connectivity index (χ1) is 15.6. The van der Waals surface area contributed by atoms with E-state index in [1.807, 2.05) is 41.5 Å². The van der Waals surface area contributed by atoms with Crippen molar-refractivity contribution >= 4 is 11.9 Å². The van der Waals surface area contributed by atoms with Crippen LogP contribution in [0.4, 0.5) is 0 Å². The van der Waals surface area contributed by atoms with Gasteiger partial charge in [-0.3, -0.25) is 9.59 Å². The standard InChI is InChI=1S/C29H58NO5/c1-15-27(8,9)35-22-29(11,21-34-23(31)28(10,16-2)17-3)24(32)33-20-26(6,7)18-25(4,5)19-30(12,13)14/h15-22H2,1-14H3/q+1. The lowest BCUT2D eigenvalue weighted by atomic mass is 9.75. The van der Waals surface area contributed by atoms with Gasteiger partial charge in [-0.05, 0) is 58.8 Å². The van der Waals surface area contributed by atoms with Gasteiger partial charge in [-0.25, -0.2) is 0 Å². The fourth-order valence-electron chi connectivity index (χ4n) is 4.68. The summed E-state index contributed by atoms with van der Waals surface area (Å²) in [5, 5.41) is 0. The van der Waals surface area contributed by atoms with E-state index in [1.54, 1.807) is 6.92 Å². The smallest absolute Gasteiger partial charge is 0.317 e. The molecule has 0 heterocycles. The maximum absolute atomic E-state index is 13.4. The largest absolute Gasteiger partial charge is 0.465 e. The molecular weight excluding hydrogens is 442 g/mol. The quantitative estimate of drug-likeness (QED) is 0.185. The average molecular weight is 501 g/mol. The molecule has 0 rings (SSSR count). The van der Waals surface area contributed by atoms with Crippen LogP contribution in [0.15, 0.2) is 0 Å². The monoisotopic (exact) mass is 500 g/mol. The van der Waals surface area contributed by atoms with E-state index in [2.05, 4.69) is 48.8 Å². The van der Waals surface area contributed by atoms with Crippen molar-refractivity contribution in [3.8, 4) is 0 Å². The first kappa shape index (κ1) is 33.9. The molecule has 6 heteroatoms. The molecule has 1 atom stereocenters. The molecule has 1 unspecified atom stereocenters. The molecular formula is C29H58NO5+. The van der Waals surface area contributed by atoms with Gasteiger partial charge in [-0.2, -0.15) is 0 Å². The van der Waals surface area contributed by atoms with Crippen molar-refractivity contribution in [2.45, 2.75) is 107 Å². The minimum absolute atomic E-state index is 0.0620. The molecule has 0 aromatic carbocycles. The lowest BCUT2D eigenvalue weighted by Crippen LogP contribution is -2.46. The first-order valence-electron chi connectivity index (χ1n) is 13.3. The van der Waals surface area contributed by atoms with E-state index in [0.717, 1.165) is 23.9 Å². The number of carbonyl (C=O) groups excluding carboxylic acids is 2. The van der Waals surface area contributed by atoms with Crippen molar-refractivity contribution in [2.75, 3.05) is 47.5 Å². The van der Waals surface area contributed by atoms with Crippen LogP contribution in [0.2, 0.25) is 0 Å². The maximum atomic E-state index is 13.4. The second-order valence-corrected chi connectivity index (χ2v) is 14.3. The number of rotatable bonds is 16. The zero-order chi connectivity index (χ0) is 27.9. The topological polar surface area (TPSA) is 61.8 Å². The third-order valence-corrected chi connectivity index (χ3v) is 7.15. The van der Waals surface area contributed by atoms with Crippen LogP contribution in [0.1, 0.15) is 102 Å². The van der Waals surface area contributed by atoms with Crippen LogP contribution in [-0.2, 0) is 23.8 Å². The van der Waals surface area contributed by atoms with E-state index < -0.39 is 10.8 Å². The minimum Gasteiger partial charge on any atom is -0.465 e. The molecule has 0 saturated carbocycles. The molecule has 208 valence electrons. The third kappa shape index (κ3) is 12.1. The maximum Gasteiger partial charge on any atom is 0.317 e. The van der Waals surface area contributed by atoms with E-state index >= 15 is 0 Å². The van der Waals surface area contributed by atoms with Gasteiger partial charge in [0.1, 0.15) is 12.0 Å². The van der Waals surface area contributed by atoms with Gasteiger partial charge in [0.15, 0.2) is 0 Å². The van der Waals surface area contributed by atoms with Crippen LogP contribution in [-0.4, -0.2) is 69.5 Å². The number of esters is 2. The van der Waals surface area contributed by atoms with Crippen molar-refractivity contribution < 1.29 is 28.3 Å². The van der Waals surface area contributed by atoms with Crippen LogP contribution in [0.25, 0.3) is 0 Å². The molecule has 0 saturated heterocycles. The van der Waals surface area contributed by atoms with Crippen molar-refractivity contribution in [3.05, 3.63) is 0 Å². The van der Waals surface area contributed by atoms with Gasteiger partial charge >= 0.3 is 11.9 Å². The second kappa shape index (κ2) is 12.4.